The fourth-order valence-electron chi connectivity index (χ4n) is 3.47. The minimum absolute atomic E-state index is 0.217. The van der Waals surface area contributed by atoms with Gasteiger partial charge < -0.3 is 9.47 Å². The molecule has 0 bridgehead atoms. The van der Waals surface area contributed by atoms with Crippen molar-refractivity contribution in [2.45, 2.75) is 103 Å². The number of rotatable bonds is 20. The van der Waals surface area contributed by atoms with Crippen molar-refractivity contribution in [2.24, 2.45) is 0 Å². The molecule has 0 heterocycles. The van der Waals surface area contributed by atoms with Crippen molar-refractivity contribution >= 4 is 11.9 Å². The highest BCUT2D eigenvalue weighted by molar-refractivity contribution is 5.73. The molecule has 0 spiro atoms. The Morgan fingerprint density at radius 3 is 1.22 bits per heavy atom. The Kier molecular flexibility index (Phi) is 16.7. The van der Waals surface area contributed by atoms with Crippen LogP contribution in [-0.2, 0) is 9.59 Å². The number of esters is 2. The van der Waals surface area contributed by atoms with Crippen LogP contribution in [0.25, 0.3) is 0 Å². The van der Waals surface area contributed by atoms with Crippen molar-refractivity contribution in [3.63, 3.8) is 0 Å². The van der Waals surface area contributed by atoms with E-state index in [1.807, 2.05) is 12.2 Å². The van der Waals surface area contributed by atoms with E-state index in [0.717, 1.165) is 51.4 Å². The molecule has 0 N–H and O–H groups in total. The van der Waals surface area contributed by atoms with Gasteiger partial charge in [-0.3, -0.25) is 9.59 Å². The van der Waals surface area contributed by atoms with Crippen molar-refractivity contribution in [3.8, 4) is 11.5 Å². The van der Waals surface area contributed by atoms with E-state index in [1.165, 1.54) is 38.5 Å². The molecule has 0 atom stereocenters. The number of carbonyl (C=O) groups is 2. The van der Waals surface area contributed by atoms with E-state index < -0.39 is 0 Å². The van der Waals surface area contributed by atoms with Gasteiger partial charge in [0.15, 0.2) is 0 Å². The maximum Gasteiger partial charge on any atom is 0.311 e. The first kappa shape index (κ1) is 27.7. The molecule has 0 fully saturated rings. The van der Waals surface area contributed by atoms with Crippen LogP contribution in [0.3, 0.4) is 0 Å². The van der Waals surface area contributed by atoms with E-state index >= 15 is 0 Å². The Morgan fingerprint density at radius 1 is 0.562 bits per heavy atom. The quantitative estimate of drug-likeness (QED) is 0.0885. The number of unbranched alkanes of at least 4 members (excludes halogenated alkanes) is 12. The molecule has 0 aromatic heterocycles. The zero-order chi connectivity index (χ0) is 23.3. The fraction of sp³-hybridized carbons (Fsp3) is 0.571. The summed E-state index contributed by atoms with van der Waals surface area (Å²) in [5, 5.41) is 0. The highest BCUT2D eigenvalue weighted by Gasteiger charge is 2.08. The lowest BCUT2D eigenvalue weighted by atomic mass is 10.1. The van der Waals surface area contributed by atoms with E-state index in [4.69, 9.17) is 9.47 Å². The molecule has 0 aliphatic heterocycles. The van der Waals surface area contributed by atoms with Gasteiger partial charge in [-0.25, -0.2) is 0 Å². The number of hydrogen-bond donors (Lipinski definition) is 0. The minimum Gasteiger partial charge on any atom is -0.427 e. The average Bonchev–Trinajstić information content (AvgIpc) is 2.78. The zero-order valence-electron chi connectivity index (χ0n) is 19.8. The van der Waals surface area contributed by atoms with Crippen molar-refractivity contribution in [1.29, 1.82) is 0 Å². The summed E-state index contributed by atoms with van der Waals surface area (Å²) in [5.41, 5.74) is 0. The molecule has 1 aromatic rings. The molecule has 4 nitrogen and oxygen atoms in total. The summed E-state index contributed by atoms with van der Waals surface area (Å²) in [6, 6.07) is 6.68. The summed E-state index contributed by atoms with van der Waals surface area (Å²) in [6.45, 7) is 7.46. The van der Waals surface area contributed by atoms with E-state index in [9.17, 15) is 9.59 Å². The molecule has 0 saturated heterocycles. The first-order valence-electron chi connectivity index (χ1n) is 12.4. The summed E-state index contributed by atoms with van der Waals surface area (Å²) in [5.74, 6) is 0.531. The number of hydrogen-bond acceptors (Lipinski definition) is 4. The van der Waals surface area contributed by atoms with Crippen molar-refractivity contribution in [2.75, 3.05) is 0 Å². The fourth-order valence-corrected chi connectivity index (χ4v) is 3.47. The highest BCUT2D eigenvalue weighted by Crippen LogP contribution is 2.19. The topological polar surface area (TPSA) is 52.6 Å². The van der Waals surface area contributed by atoms with E-state index in [1.54, 1.807) is 24.3 Å². The van der Waals surface area contributed by atoms with Crippen LogP contribution < -0.4 is 9.47 Å². The Bertz CT molecular complexity index is 591. The molecular formula is C28H42O4. The van der Waals surface area contributed by atoms with Crippen LogP contribution in [0.5, 0.6) is 11.5 Å². The van der Waals surface area contributed by atoms with Crippen LogP contribution in [0.2, 0.25) is 0 Å². The van der Waals surface area contributed by atoms with Crippen molar-refractivity contribution in [1.82, 2.24) is 0 Å². The van der Waals surface area contributed by atoms with Crippen molar-refractivity contribution in [3.05, 3.63) is 49.6 Å². The number of benzene rings is 1. The van der Waals surface area contributed by atoms with Crippen LogP contribution in [0.15, 0.2) is 49.6 Å². The molecule has 178 valence electrons. The molecular weight excluding hydrogens is 400 g/mol. The lowest BCUT2D eigenvalue weighted by molar-refractivity contribution is -0.135. The third-order valence-electron chi connectivity index (χ3n) is 5.37. The maximum absolute atomic E-state index is 12.0. The summed E-state index contributed by atoms with van der Waals surface area (Å²) in [7, 11) is 0. The van der Waals surface area contributed by atoms with Gasteiger partial charge in [-0.05, 0) is 62.8 Å². The monoisotopic (exact) mass is 442 g/mol. The van der Waals surface area contributed by atoms with Gasteiger partial charge in [0.25, 0.3) is 0 Å². The van der Waals surface area contributed by atoms with Crippen molar-refractivity contribution < 1.29 is 19.1 Å². The van der Waals surface area contributed by atoms with Gasteiger partial charge in [-0.2, -0.15) is 0 Å². The summed E-state index contributed by atoms with van der Waals surface area (Å²) < 4.78 is 10.7. The third kappa shape index (κ3) is 15.4. The Hall–Kier alpha value is -2.36. The van der Waals surface area contributed by atoms with Crippen LogP contribution in [0, 0.1) is 0 Å². The largest absolute Gasteiger partial charge is 0.427 e. The minimum atomic E-state index is -0.217. The van der Waals surface area contributed by atoms with E-state index in [0.29, 0.717) is 24.3 Å². The summed E-state index contributed by atoms with van der Waals surface area (Å²) in [6.07, 6.45) is 20.3. The third-order valence-corrected chi connectivity index (χ3v) is 5.37. The van der Waals surface area contributed by atoms with Gasteiger partial charge in [0, 0.05) is 12.8 Å². The highest BCUT2D eigenvalue weighted by atomic mass is 16.5. The number of ether oxygens (including phenoxy) is 2. The normalized spacial score (nSPS) is 10.5. The first-order valence-corrected chi connectivity index (χ1v) is 12.4. The second-order valence-electron chi connectivity index (χ2n) is 8.32. The predicted octanol–water partition coefficient (Wildman–Crippen LogP) is 8.11. The van der Waals surface area contributed by atoms with Gasteiger partial charge >= 0.3 is 11.9 Å². The predicted molar refractivity (Wildman–Crippen MR) is 132 cm³/mol. The maximum atomic E-state index is 12.0. The molecule has 0 aliphatic rings. The Labute approximate surface area is 195 Å². The molecule has 4 heteroatoms. The molecule has 0 aliphatic carbocycles. The lowest BCUT2D eigenvalue weighted by Gasteiger charge is -2.07. The van der Waals surface area contributed by atoms with Gasteiger partial charge in [0.2, 0.25) is 0 Å². The Balaban J connectivity index is 2.11. The van der Waals surface area contributed by atoms with Gasteiger partial charge in [0.05, 0.1) is 0 Å². The molecule has 0 amide bonds. The lowest BCUT2D eigenvalue weighted by Crippen LogP contribution is -2.09. The summed E-state index contributed by atoms with van der Waals surface area (Å²) >= 11 is 0. The summed E-state index contributed by atoms with van der Waals surface area (Å²) in [4.78, 5) is 23.9. The zero-order valence-corrected chi connectivity index (χ0v) is 19.8. The molecule has 0 radical (unpaired) electrons. The SMILES string of the molecule is C=CCCCCCCCCC(=O)Oc1ccc(OC(=O)CCCCCCCCC=C)cc1. The second-order valence-corrected chi connectivity index (χ2v) is 8.32. The van der Waals surface area contributed by atoms with E-state index in [2.05, 4.69) is 13.2 Å². The van der Waals surface area contributed by atoms with E-state index in [-0.39, 0.29) is 11.9 Å². The number of carbonyl (C=O) groups excluding carboxylic acids is 2. The Morgan fingerprint density at radius 2 is 0.875 bits per heavy atom. The molecule has 32 heavy (non-hydrogen) atoms. The molecule has 0 saturated carbocycles. The smallest absolute Gasteiger partial charge is 0.311 e. The number of allylic oxidation sites excluding steroid dienone is 2. The standard InChI is InChI=1S/C28H42O4/c1-3-5-7-9-11-13-15-17-19-27(29)31-25-21-23-26(24-22-25)32-28(30)20-18-16-14-12-10-8-6-4-2/h3-4,21-24H,1-2,5-20H2. The van der Waals surface area contributed by atoms with Crippen LogP contribution in [0.1, 0.15) is 103 Å². The second kappa shape index (κ2) is 19.3. The van der Waals surface area contributed by atoms with Gasteiger partial charge in [0.1, 0.15) is 11.5 Å². The molecule has 1 rings (SSSR count). The van der Waals surface area contributed by atoms with Crippen LogP contribution >= 0.6 is 0 Å². The van der Waals surface area contributed by atoms with Crippen LogP contribution in [0.4, 0.5) is 0 Å². The van der Waals surface area contributed by atoms with Gasteiger partial charge in [-0.1, -0.05) is 63.5 Å². The van der Waals surface area contributed by atoms with Crippen LogP contribution in [-0.4, -0.2) is 11.9 Å². The van der Waals surface area contributed by atoms with Gasteiger partial charge in [-0.15, -0.1) is 13.2 Å². The molecule has 1 aromatic carbocycles. The first-order chi connectivity index (χ1) is 15.7. The molecule has 0 unspecified atom stereocenters. The average molecular weight is 443 g/mol.